The maximum atomic E-state index is 12.1. The Kier molecular flexibility index (Phi) is 8.54. The minimum absolute atomic E-state index is 0.000106. The van der Waals surface area contributed by atoms with Crippen molar-refractivity contribution in [2.75, 3.05) is 19.7 Å². The molecule has 0 aromatic carbocycles. The van der Waals surface area contributed by atoms with E-state index in [1.165, 1.54) is 4.90 Å². The van der Waals surface area contributed by atoms with E-state index in [4.69, 9.17) is 5.73 Å². The zero-order chi connectivity index (χ0) is 27.8. The highest BCUT2D eigenvalue weighted by Gasteiger charge is 2.51. The third kappa shape index (κ3) is 7.37. The van der Waals surface area contributed by atoms with Crippen LogP contribution in [-0.2, 0) is 23.9 Å². The van der Waals surface area contributed by atoms with Crippen molar-refractivity contribution in [3.8, 4) is 0 Å². The number of ether oxygens (including phenoxy) is 1. The second-order valence-corrected chi connectivity index (χ2v) is 12.2. The number of nitrogens with zero attached hydrogens (tertiary/aromatic N) is 2. The summed E-state index contributed by atoms with van der Waals surface area (Å²) in [5.41, 5.74) is 5.35. The first-order chi connectivity index (χ1) is 17.1. The quantitative estimate of drug-likeness (QED) is 0.443. The molecular formula is C26H40F3N3O5. The van der Waals surface area contributed by atoms with E-state index in [1.54, 1.807) is 4.90 Å². The maximum absolute atomic E-state index is 12.1. The summed E-state index contributed by atoms with van der Waals surface area (Å²) in [5, 5.41) is 0. The van der Waals surface area contributed by atoms with Crippen LogP contribution in [-0.4, -0.2) is 71.4 Å². The Balaban J connectivity index is 0.000000213. The number of carbonyl (C=O) groups is 4. The van der Waals surface area contributed by atoms with Gasteiger partial charge in [0.1, 0.15) is 0 Å². The average molecular weight is 532 g/mol. The lowest BCUT2D eigenvalue weighted by Crippen LogP contribution is -2.53. The normalized spacial score (nSPS) is 29.9. The maximum Gasteiger partial charge on any atom is 0.422 e. The van der Waals surface area contributed by atoms with Crippen LogP contribution >= 0.6 is 0 Å². The predicted molar refractivity (Wildman–Crippen MR) is 129 cm³/mol. The Labute approximate surface area is 216 Å². The molecule has 0 spiro atoms. The Bertz CT molecular complexity index is 900. The van der Waals surface area contributed by atoms with Crippen LogP contribution in [0.5, 0.6) is 0 Å². The van der Waals surface area contributed by atoms with Crippen LogP contribution in [0.2, 0.25) is 0 Å². The molecule has 4 rings (SSSR count). The van der Waals surface area contributed by atoms with Crippen LogP contribution in [0.15, 0.2) is 0 Å². The number of hydrogen-bond acceptors (Lipinski definition) is 5. The van der Waals surface area contributed by atoms with E-state index in [1.807, 2.05) is 6.92 Å². The van der Waals surface area contributed by atoms with Crippen LogP contribution < -0.4 is 5.73 Å². The lowest BCUT2D eigenvalue weighted by molar-refractivity contribution is -0.190. The zero-order valence-corrected chi connectivity index (χ0v) is 22.2. The van der Waals surface area contributed by atoms with Crippen LogP contribution in [0.1, 0.15) is 79.1 Å². The third-order valence-corrected chi connectivity index (χ3v) is 8.60. The average Bonchev–Trinajstić information content (AvgIpc) is 3.75. The summed E-state index contributed by atoms with van der Waals surface area (Å²) in [7, 11) is 0. The fourth-order valence-electron chi connectivity index (χ4n) is 5.73. The minimum atomic E-state index is -4.62. The molecule has 210 valence electrons. The number of likely N-dealkylation sites (tertiary alicyclic amines) is 2. The molecular weight excluding hydrogens is 491 g/mol. The van der Waals surface area contributed by atoms with E-state index in [0.717, 1.165) is 51.4 Å². The third-order valence-electron chi connectivity index (χ3n) is 8.60. The van der Waals surface area contributed by atoms with Crippen molar-refractivity contribution in [3.63, 3.8) is 0 Å². The standard InChI is InChI=1S/C14H20F3NO3.C12H20N2O2/c1-9-3-4-10(13(2)5-6-13)18(7-9)11(19)12(20)21-8-14(15,16)17;1-8-3-4-9(12(2)5-6-12)14(7-8)11(16)10(13)15/h9-10H,3-8H2,1-2H3;8-9H,3-7H2,1-2H3,(H2,13,15). The number of alkyl halides is 3. The summed E-state index contributed by atoms with van der Waals surface area (Å²) in [6.45, 7) is 7.70. The number of carbonyl (C=O) groups excluding carboxylic acids is 4. The first kappa shape index (κ1) is 29.2. The van der Waals surface area contributed by atoms with E-state index in [9.17, 15) is 32.3 Å². The number of piperidine rings is 2. The van der Waals surface area contributed by atoms with Gasteiger partial charge >= 0.3 is 29.9 Å². The molecule has 2 N–H and O–H groups in total. The Morgan fingerprint density at radius 3 is 1.57 bits per heavy atom. The summed E-state index contributed by atoms with van der Waals surface area (Å²) >= 11 is 0. The molecule has 4 unspecified atom stereocenters. The predicted octanol–water partition coefficient (Wildman–Crippen LogP) is 3.42. The summed E-state index contributed by atoms with van der Waals surface area (Å²) in [6.07, 6.45) is 3.56. The summed E-state index contributed by atoms with van der Waals surface area (Å²) in [5.74, 6) is -2.95. The van der Waals surface area contributed by atoms with Gasteiger partial charge in [0.25, 0.3) is 0 Å². The van der Waals surface area contributed by atoms with Gasteiger partial charge in [-0.05, 0) is 74.0 Å². The number of hydrogen-bond donors (Lipinski definition) is 1. The molecule has 0 aromatic heterocycles. The molecule has 0 bridgehead atoms. The van der Waals surface area contributed by atoms with Crippen molar-refractivity contribution in [2.24, 2.45) is 28.4 Å². The Morgan fingerprint density at radius 1 is 0.811 bits per heavy atom. The van der Waals surface area contributed by atoms with Crippen LogP contribution in [0.25, 0.3) is 0 Å². The van der Waals surface area contributed by atoms with E-state index in [2.05, 4.69) is 25.5 Å². The van der Waals surface area contributed by atoms with E-state index in [0.29, 0.717) is 19.0 Å². The lowest BCUT2D eigenvalue weighted by atomic mass is 9.85. The van der Waals surface area contributed by atoms with Crippen LogP contribution in [0.4, 0.5) is 13.2 Å². The van der Waals surface area contributed by atoms with Gasteiger partial charge in [0.15, 0.2) is 6.61 Å². The van der Waals surface area contributed by atoms with Gasteiger partial charge in [-0.1, -0.05) is 27.7 Å². The van der Waals surface area contributed by atoms with Gasteiger partial charge in [-0.3, -0.25) is 14.4 Å². The van der Waals surface area contributed by atoms with Gasteiger partial charge in [-0.15, -0.1) is 0 Å². The topological polar surface area (TPSA) is 110 Å². The first-order valence-corrected chi connectivity index (χ1v) is 13.2. The number of nitrogens with two attached hydrogens (primary N) is 1. The monoisotopic (exact) mass is 531 g/mol. The summed E-state index contributed by atoms with van der Waals surface area (Å²) in [6, 6.07) is 0.156. The highest BCUT2D eigenvalue weighted by atomic mass is 19.4. The molecule has 0 aromatic rings. The van der Waals surface area contributed by atoms with Crippen molar-refractivity contribution < 1.29 is 37.1 Å². The molecule has 0 radical (unpaired) electrons. The molecule has 2 heterocycles. The highest BCUT2D eigenvalue weighted by Crippen LogP contribution is 2.53. The van der Waals surface area contributed by atoms with Crippen molar-refractivity contribution in [1.29, 1.82) is 0 Å². The molecule has 2 aliphatic heterocycles. The fourth-order valence-corrected chi connectivity index (χ4v) is 5.73. The van der Waals surface area contributed by atoms with E-state index < -0.39 is 36.5 Å². The fraction of sp³-hybridized carbons (Fsp3) is 0.846. The molecule has 4 aliphatic rings. The number of rotatable bonds is 3. The molecule has 11 heteroatoms. The number of halogens is 3. The lowest BCUT2D eigenvalue weighted by Gasteiger charge is -2.41. The number of esters is 1. The van der Waals surface area contributed by atoms with Gasteiger partial charge in [0.05, 0.1) is 0 Å². The molecule has 3 amide bonds. The van der Waals surface area contributed by atoms with Gasteiger partial charge in [0.2, 0.25) is 0 Å². The van der Waals surface area contributed by atoms with Crippen molar-refractivity contribution in [2.45, 2.75) is 97.3 Å². The van der Waals surface area contributed by atoms with Gasteiger partial charge in [0, 0.05) is 25.2 Å². The van der Waals surface area contributed by atoms with Gasteiger partial charge in [-0.25, -0.2) is 4.79 Å². The van der Waals surface area contributed by atoms with E-state index in [-0.39, 0.29) is 28.8 Å². The summed E-state index contributed by atoms with van der Waals surface area (Å²) in [4.78, 5) is 49.7. The Morgan fingerprint density at radius 2 is 1.22 bits per heavy atom. The molecule has 2 aliphatic carbocycles. The molecule has 4 atom stereocenters. The van der Waals surface area contributed by atoms with Crippen molar-refractivity contribution in [1.82, 2.24) is 9.80 Å². The van der Waals surface area contributed by atoms with E-state index >= 15 is 0 Å². The molecule has 8 nitrogen and oxygen atoms in total. The smallest absolute Gasteiger partial charge is 0.422 e. The van der Waals surface area contributed by atoms with Crippen LogP contribution in [0.3, 0.4) is 0 Å². The summed E-state index contributed by atoms with van der Waals surface area (Å²) < 4.78 is 40.3. The van der Waals surface area contributed by atoms with Gasteiger partial charge < -0.3 is 20.3 Å². The van der Waals surface area contributed by atoms with Gasteiger partial charge in [-0.2, -0.15) is 13.2 Å². The molecule has 2 saturated heterocycles. The number of primary amides is 1. The SMILES string of the molecule is CC1CCC(C2(C)CC2)N(C(=O)C(=O)OCC(F)(F)F)C1.CC1CCC(C2(C)CC2)N(C(=O)C(N)=O)C1. The second-order valence-electron chi connectivity index (χ2n) is 12.2. The zero-order valence-electron chi connectivity index (χ0n) is 22.2. The van der Waals surface area contributed by atoms with Crippen molar-refractivity contribution in [3.05, 3.63) is 0 Å². The molecule has 4 fully saturated rings. The second kappa shape index (κ2) is 10.8. The van der Waals surface area contributed by atoms with Crippen molar-refractivity contribution >= 4 is 23.7 Å². The Hall–Kier alpha value is -2.33. The minimum Gasteiger partial charge on any atom is -0.449 e. The first-order valence-electron chi connectivity index (χ1n) is 13.2. The molecule has 37 heavy (non-hydrogen) atoms. The largest absolute Gasteiger partial charge is 0.449 e. The number of amides is 3. The van der Waals surface area contributed by atoms with Crippen LogP contribution in [0, 0.1) is 22.7 Å². The highest BCUT2D eigenvalue weighted by molar-refractivity contribution is 6.34. The molecule has 2 saturated carbocycles.